The van der Waals surface area contributed by atoms with Crippen LogP contribution in [0, 0.1) is 12.8 Å². The summed E-state index contributed by atoms with van der Waals surface area (Å²) in [7, 11) is 0. The van der Waals surface area contributed by atoms with E-state index < -0.39 is 11.9 Å². The quantitative estimate of drug-likeness (QED) is 0.931. The van der Waals surface area contributed by atoms with Gasteiger partial charge in [-0.25, -0.2) is 9.97 Å². The van der Waals surface area contributed by atoms with Crippen LogP contribution < -0.4 is 5.32 Å². The van der Waals surface area contributed by atoms with E-state index in [1.54, 1.807) is 17.0 Å². The fourth-order valence-corrected chi connectivity index (χ4v) is 3.37. The van der Waals surface area contributed by atoms with Gasteiger partial charge in [0.1, 0.15) is 10.7 Å². The van der Waals surface area contributed by atoms with Crippen molar-refractivity contribution in [3.8, 4) is 0 Å². The van der Waals surface area contributed by atoms with Crippen LogP contribution in [-0.4, -0.2) is 27.0 Å². The van der Waals surface area contributed by atoms with Crippen LogP contribution in [0.15, 0.2) is 11.7 Å². The molecule has 0 saturated carbocycles. The lowest BCUT2D eigenvalue weighted by molar-refractivity contribution is -0.141. The zero-order chi connectivity index (χ0) is 16.6. The van der Waals surface area contributed by atoms with E-state index in [9.17, 15) is 18.0 Å². The summed E-state index contributed by atoms with van der Waals surface area (Å²) in [4.78, 5) is 20.3. The van der Waals surface area contributed by atoms with Crippen LogP contribution in [0.2, 0.25) is 0 Å². The molecule has 3 heterocycles. The number of hydrogen-bond acceptors (Lipinski definition) is 4. The van der Waals surface area contributed by atoms with Gasteiger partial charge < -0.3 is 9.88 Å². The molecule has 0 radical (unpaired) electrons. The second-order valence-corrected chi connectivity index (χ2v) is 6.43. The average Bonchev–Trinajstić information content (AvgIpc) is 3.09. The maximum Gasteiger partial charge on any atom is 0.434 e. The van der Waals surface area contributed by atoms with E-state index in [-0.39, 0.29) is 11.8 Å². The highest BCUT2D eigenvalue weighted by Crippen LogP contribution is 2.30. The largest absolute Gasteiger partial charge is 0.434 e. The predicted octanol–water partition coefficient (Wildman–Crippen LogP) is 2.66. The molecule has 5 nitrogen and oxygen atoms in total. The smallest absolute Gasteiger partial charge is 0.351 e. The molecule has 0 bridgehead atoms. The zero-order valence-corrected chi connectivity index (χ0v) is 13.2. The van der Waals surface area contributed by atoms with Crippen molar-refractivity contribution < 1.29 is 18.0 Å². The van der Waals surface area contributed by atoms with Crippen LogP contribution in [0.25, 0.3) is 0 Å². The van der Waals surface area contributed by atoms with Gasteiger partial charge in [-0.05, 0) is 19.3 Å². The molecule has 0 aliphatic carbocycles. The molecule has 2 aromatic heterocycles. The van der Waals surface area contributed by atoms with Gasteiger partial charge in [-0.1, -0.05) is 0 Å². The predicted molar refractivity (Wildman–Crippen MR) is 78.2 cm³/mol. The number of alkyl halides is 3. The average molecular weight is 344 g/mol. The molecule has 0 fully saturated rings. The summed E-state index contributed by atoms with van der Waals surface area (Å²) in [5.41, 5.74) is 1.45. The van der Waals surface area contributed by atoms with E-state index >= 15 is 0 Å². The number of carbonyl (C=O) groups excluding carboxylic acids is 1. The molecular weight excluding hydrogens is 329 g/mol. The minimum absolute atomic E-state index is 0.0926. The van der Waals surface area contributed by atoms with Crippen LogP contribution in [-0.2, 0) is 19.1 Å². The van der Waals surface area contributed by atoms with E-state index in [0.29, 0.717) is 42.3 Å². The number of thiazole rings is 1. The van der Waals surface area contributed by atoms with Gasteiger partial charge >= 0.3 is 6.18 Å². The number of nitrogens with zero attached hydrogens (tertiary/aromatic N) is 3. The molecular formula is C14H15F3N4OS. The lowest BCUT2D eigenvalue weighted by Gasteiger charge is -2.23. The Morgan fingerprint density at radius 1 is 1.52 bits per heavy atom. The van der Waals surface area contributed by atoms with Gasteiger partial charge in [-0.15, -0.1) is 11.3 Å². The second kappa shape index (κ2) is 5.95. The molecule has 1 aliphatic heterocycles. The summed E-state index contributed by atoms with van der Waals surface area (Å²) in [5, 5.41) is 2.84. The topological polar surface area (TPSA) is 59.8 Å². The fourth-order valence-electron chi connectivity index (χ4n) is 2.65. The van der Waals surface area contributed by atoms with Crippen molar-refractivity contribution in [3.63, 3.8) is 0 Å². The van der Waals surface area contributed by atoms with Crippen molar-refractivity contribution in [1.29, 1.82) is 0 Å². The summed E-state index contributed by atoms with van der Waals surface area (Å²) >= 11 is 1.28. The number of hydrogen-bond donors (Lipinski definition) is 1. The lowest BCUT2D eigenvalue weighted by atomic mass is 9.99. The van der Waals surface area contributed by atoms with E-state index in [1.807, 2.05) is 0 Å². The van der Waals surface area contributed by atoms with Gasteiger partial charge in [0.2, 0.25) is 0 Å². The number of imidazole rings is 1. The molecule has 1 unspecified atom stereocenters. The number of halogens is 3. The number of carbonyl (C=O) groups is 1. The number of aromatic nitrogens is 3. The third-order valence-electron chi connectivity index (χ3n) is 3.88. The van der Waals surface area contributed by atoms with E-state index in [1.165, 1.54) is 11.3 Å². The first-order chi connectivity index (χ1) is 10.8. The van der Waals surface area contributed by atoms with E-state index in [4.69, 9.17) is 0 Å². The van der Waals surface area contributed by atoms with Gasteiger partial charge in [0.15, 0.2) is 5.69 Å². The first-order valence-corrected chi connectivity index (χ1v) is 8.04. The maximum atomic E-state index is 12.7. The number of rotatable bonds is 3. The Hall–Kier alpha value is -1.90. The Kier molecular flexibility index (Phi) is 4.13. The molecule has 1 atom stereocenters. The minimum Gasteiger partial charge on any atom is -0.351 e. The first-order valence-electron chi connectivity index (χ1n) is 7.16. The monoisotopic (exact) mass is 344 g/mol. The summed E-state index contributed by atoms with van der Waals surface area (Å²) in [5.74, 6) is 0.366. The number of nitrogens with one attached hydrogen (secondary N) is 1. The maximum absolute atomic E-state index is 12.7. The number of fused-ring (bicyclic) bond motifs is 1. The molecule has 1 amide bonds. The van der Waals surface area contributed by atoms with Crippen LogP contribution in [0.4, 0.5) is 13.2 Å². The third kappa shape index (κ3) is 3.39. The van der Waals surface area contributed by atoms with E-state index in [0.717, 1.165) is 6.20 Å². The van der Waals surface area contributed by atoms with Crippen molar-refractivity contribution in [3.05, 3.63) is 33.8 Å². The van der Waals surface area contributed by atoms with Gasteiger partial charge in [-0.3, -0.25) is 4.79 Å². The second-order valence-electron chi connectivity index (χ2n) is 5.57. The molecule has 2 aromatic rings. The van der Waals surface area contributed by atoms with Gasteiger partial charge in [-0.2, -0.15) is 13.2 Å². The first kappa shape index (κ1) is 16.0. The van der Waals surface area contributed by atoms with Crippen LogP contribution in [0.3, 0.4) is 0 Å². The van der Waals surface area contributed by atoms with Crippen LogP contribution >= 0.6 is 11.3 Å². The van der Waals surface area contributed by atoms with Crippen molar-refractivity contribution in [2.24, 2.45) is 5.92 Å². The van der Waals surface area contributed by atoms with Gasteiger partial charge in [0.05, 0.1) is 11.2 Å². The number of amides is 1. The van der Waals surface area contributed by atoms with Crippen molar-refractivity contribution in [1.82, 2.24) is 19.9 Å². The molecule has 0 saturated heterocycles. The molecule has 0 spiro atoms. The Balaban J connectivity index is 1.61. The Labute approximate surface area is 134 Å². The lowest BCUT2D eigenvalue weighted by Crippen LogP contribution is -2.33. The minimum atomic E-state index is -4.42. The third-order valence-corrected chi connectivity index (χ3v) is 4.81. The van der Waals surface area contributed by atoms with Crippen molar-refractivity contribution in [2.75, 3.05) is 6.54 Å². The standard InChI is InChI=1S/C14H15F3N4OS/c1-8-12(23-7-19-8)13(22)18-4-9-2-3-11-20-10(14(15,16)17)6-21(11)5-9/h6-7,9H,2-5H2,1H3,(H,18,22). The number of aryl methyl sites for hydroxylation is 2. The zero-order valence-electron chi connectivity index (χ0n) is 12.4. The van der Waals surface area contributed by atoms with Gasteiger partial charge in [0.25, 0.3) is 5.91 Å². The molecule has 1 N–H and O–H groups in total. The SMILES string of the molecule is Cc1ncsc1C(=O)NCC1CCc2nc(C(F)(F)F)cn2C1. The Morgan fingerprint density at radius 3 is 2.96 bits per heavy atom. The Morgan fingerprint density at radius 2 is 2.30 bits per heavy atom. The molecule has 3 rings (SSSR count). The summed E-state index contributed by atoms with van der Waals surface area (Å²) in [6, 6.07) is 0. The normalized spacial score (nSPS) is 17.8. The molecule has 23 heavy (non-hydrogen) atoms. The molecule has 1 aliphatic rings. The highest BCUT2D eigenvalue weighted by molar-refractivity contribution is 7.11. The summed E-state index contributed by atoms with van der Waals surface area (Å²) in [6.07, 6.45) is -2.18. The molecule has 124 valence electrons. The summed E-state index contributed by atoms with van der Waals surface area (Å²) in [6.45, 7) is 2.62. The highest BCUT2D eigenvalue weighted by Gasteiger charge is 2.35. The fraction of sp³-hybridized carbons (Fsp3) is 0.500. The van der Waals surface area contributed by atoms with Gasteiger partial charge in [0, 0.05) is 25.7 Å². The van der Waals surface area contributed by atoms with E-state index in [2.05, 4.69) is 15.3 Å². The Bertz CT molecular complexity index is 722. The summed E-state index contributed by atoms with van der Waals surface area (Å²) < 4.78 is 39.6. The van der Waals surface area contributed by atoms with Crippen LogP contribution in [0.5, 0.6) is 0 Å². The van der Waals surface area contributed by atoms with Crippen molar-refractivity contribution in [2.45, 2.75) is 32.5 Å². The van der Waals surface area contributed by atoms with Crippen LogP contribution in [0.1, 0.15) is 33.3 Å². The molecule has 0 aromatic carbocycles. The van der Waals surface area contributed by atoms with Crippen molar-refractivity contribution >= 4 is 17.2 Å². The molecule has 9 heteroatoms. The highest BCUT2D eigenvalue weighted by atomic mass is 32.1.